The number of esters is 2. The molecule has 0 bridgehead atoms. The summed E-state index contributed by atoms with van der Waals surface area (Å²) in [5.41, 5.74) is -1.11. The maximum atomic E-state index is 12.7. The summed E-state index contributed by atoms with van der Waals surface area (Å²) in [6, 6.07) is 5.90. The van der Waals surface area contributed by atoms with E-state index in [2.05, 4.69) is 4.98 Å². The first kappa shape index (κ1) is 24.8. The van der Waals surface area contributed by atoms with Crippen molar-refractivity contribution in [2.24, 2.45) is 5.41 Å². The summed E-state index contributed by atoms with van der Waals surface area (Å²) in [6.07, 6.45) is 1.39. The Bertz CT molecular complexity index is 1150. The van der Waals surface area contributed by atoms with Gasteiger partial charge in [-0.3, -0.25) is 14.4 Å². The summed E-state index contributed by atoms with van der Waals surface area (Å²) in [7, 11) is 0. The largest absolute Gasteiger partial charge is 0.462 e. The van der Waals surface area contributed by atoms with Crippen molar-refractivity contribution in [3.05, 3.63) is 35.5 Å². The SMILES string of the molecule is CCCCOC(=O)c1ccc2ccc(C(=O)ON3C(=O)CCC3=O)nc2c1OC(=O)C(C)(C)C. The molecule has 34 heavy (non-hydrogen) atoms. The van der Waals surface area contributed by atoms with Crippen LogP contribution in [0.4, 0.5) is 0 Å². The van der Waals surface area contributed by atoms with Crippen LogP contribution in [0.5, 0.6) is 5.75 Å². The Morgan fingerprint density at radius 2 is 1.65 bits per heavy atom. The third kappa shape index (κ3) is 5.38. The second kappa shape index (κ2) is 9.98. The number of carbonyl (C=O) groups is 5. The number of hydroxylamine groups is 2. The Hall–Kier alpha value is -3.82. The summed E-state index contributed by atoms with van der Waals surface area (Å²) in [6.45, 7) is 7.10. The van der Waals surface area contributed by atoms with Crippen LogP contribution in [0.1, 0.15) is 74.2 Å². The van der Waals surface area contributed by atoms with Crippen molar-refractivity contribution in [3.63, 3.8) is 0 Å². The molecule has 0 aliphatic carbocycles. The summed E-state index contributed by atoms with van der Waals surface area (Å²) >= 11 is 0. The lowest BCUT2D eigenvalue weighted by atomic mass is 9.97. The first-order chi connectivity index (χ1) is 16.0. The first-order valence-electron chi connectivity index (χ1n) is 10.9. The lowest BCUT2D eigenvalue weighted by molar-refractivity contribution is -0.172. The molecule has 0 spiro atoms. The molecule has 1 fully saturated rings. The van der Waals surface area contributed by atoms with Crippen molar-refractivity contribution >= 4 is 40.6 Å². The molecule has 3 rings (SSSR count). The van der Waals surface area contributed by atoms with Crippen molar-refractivity contribution in [1.29, 1.82) is 0 Å². The van der Waals surface area contributed by atoms with Gasteiger partial charge in [0.05, 0.1) is 12.0 Å². The number of pyridine rings is 1. The van der Waals surface area contributed by atoms with Gasteiger partial charge < -0.3 is 14.3 Å². The van der Waals surface area contributed by atoms with Crippen LogP contribution in [0.15, 0.2) is 24.3 Å². The number of hydrogen-bond acceptors (Lipinski definition) is 9. The minimum Gasteiger partial charge on any atom is -0.462 e. The number of aromatic nitrogens is 1. The van der Waals surface area contributed by atoms with Crippen molar-refractivity contribution in [2.75, 3.05) is 6.61 Å². The zero-order valence-corrected chi connectivity index (χ0v) is 19.5. The van der Waals surface area contributed by atoms with Crippen LogP contribution in [0.2, 0.25) is 0 Å². The van der Waals surface area contributed by atoms with E-state index in [4.69, 9.17) is 14.3 Å². The predicted molar refractivity (Wildman–Crippen MR) is 119 cm³/mol. The highest BCUT2D eigenvalue weighted by Crippen LogP contribution is 2.32. The Balaban J connectivity index is 2.03. The number of amides is 2. The Kier molecular flexibility index (Phi) is 7.29. The second-order valence-electron chi connectivity index (χ2n) is 8.80. The molecule has 1 aliphatic heterocycles. The van der Waals surface area contributed by atoms with Crippen molar-refractivity contribution in [1.82, 2.24) is 10.0 Å². The number of benzene rings is 1. The lowest BCUT2D eigenvalue weighted by Gasteiger charge is -2.19. The molecule has 1 aromatic carbocycles. The molecular formula is C24H26N2O8. The van der Waals surface area contributed by atoms with E-state index >= 15 is 0 Å². The van der Waals surface area contributed by atoms with Gasteiger partial charge in [-0.25, -0.2) is 14.6 Å². The van der Waals surface area contributed by atoms with E-state index < -0.39 is 35.1 Å². The molecule has 0 atom stereocenters. The van der Waals surface area contributed by atoms with Gasteiger partial charge in [0.1, 0.15) is 11.1 Å². The molecule has 1 aliphatic rings. The van der Waals surface area contributed by atoms with E-state index in [9.17, 15) is 24.0 Å². The molecule has 2 amide bonds. The van der Waals surface area contributed by atoms with Crippen molar-refractivity contribution in [2.45, 2.75) is 53.4 Å². The molecule has 2 aromatic rings. The first-order valence-corrected chi connectivity index (χ1v) is 10.9. The Labute approximate surface area is 196 Å². The molecule has 0 radical (unpaired) electrons. The molecule has 0 saturated carbocycles. The van der Waals surface area contributed by atoms with Gasteiger partial charge in [0.15, 0.2) is 11.4 Å². The Morgan fingerprint density at radius 3 is 2.26 bits per heavy atom. The minimum absolute atomic E-state index is 0.0240. The average Bonchev–Trinajstić information content (AvgIpc) is 3.10. The normalized spacial score (nSPS) is 13.8. The number of fused-ring (bicyclic) bond motifs is 1. The second-order valence-corrected chi connectivity index (χ2v) is 8.80. The number of nitrogens with zero attached hydrogens (tertiary/aromatic N) is 2. The van der Waals surface area contributed by atoms with Gasteiger partial charge in [-0.15, -0.1) is 5.06 Å². The fourth-order valence-corrected chi connectivity index (χ4v) is 2.96. The summed E-state index contributed by atoms with van der Waals surface area (Å²) < 4.78 is 10.9. The van der Waals surface area contributed by atoms with E-state index in [1.54, 1.807) is 26.8 Å². The molecule has 10 heteroatoms. The number of hydrogen-bond donors (Lipinski definition) is 0. The smallest absolute Gasteiger partial charge is 0.382 e. The summed E-state index contributed by atoms with van der Waals surface area (Å²) in [5, 5.41) is 0.891. The molecule has 0 N–H and O–H groups in total. The zero-order valence-electron chi connectivity index (χ0n) is 19.5. The van der Waals surface area contributed by atoms with Crippen LogP contribution >= 0.6 is 0 Å². The van der Waals surface area contributed by atoms with E-state index in [1.807, 2.05) is 6.92 Å². The number of rotatable bonds is 7. The van der Waals surface area contributed by atoms with Crippen LogP contribution in [0.3, 0.4) is 0 Å². The number of unbranched alkanes of at least 4 members (excludes halogenated alkanes) is 1. The highest BCUT2D eigenvalue weighted by molar-refractivity contribution is 6.04. The van der Waals surface area contributed by atoms with Gasteiger partial charge in [0.2, 0.25) is 0 Å². The molecule has 10 nitrogen and oxygen atoms in total. The van der Waals surface area contributed by atoms with Crippen molar-refractivity contribution in [3.8, 4) is 5.75 Å². The van der Waals surface area contributed by atoms with E-state index in [1.165, 1.54) is 18.2 Å². The van der Waals surface area contributed by atoms with Crippen LogP contribution in [0.25, 0.3) is 10.9 Å². The standard InChI is InChI=1S/C24H26N2O8/c1-5-6-13-32-21(29)15-9-7-14-8-10-16(22(30)34-26-17(27)11-12-18(26)28)25-19(14)20(15)33-23(31)24(2,3)4/h7-10H,5-6,11-13H2,1-4H3. The third-order valence-corrected chi connectivity index (χ3v) is 4.96. The van der Waals surface area contributed by atoms with Gasteiger partial charge >= 0.3 is 17.9 Å². The lowest BCUT2D eigenvalue weighted by Crippen LogP contribution is -2.32. The third-order valence-electron chi connectivity index (χ3n) is 4.96. The number of carbonyl (C=O) groups excluding carboxylic acids is 5. The van der Waals surface area contributed by atoms with E-state index in [0.717, 1.165) is 6.42 Å². The molecule has 1 aromatic heterocycles. The fraction of sp³-hybridized carbons (Fsp3) is 0.417. The fourth-order valence-electron chi connectivity index (χ4n) is 2.96. The van der Waals surface area contributed by atoms with Crippen LogP contribution in [-0.4, -0.2) is 46.4 Å². The summed E-state index contributed by atoms with van der Waals surface area (Å²) in [4.78, 5) is 70.6. The van der Waals surface area contributed by atoms with E-state index in [-0.39, 0.29) is 42.0 Å². The minimum atomic E-state index is -1.05. The van der Waals surface area contributed by atoms with Crippen LogP contribution < -0.4 is 4.74 Å². The quantitative estimate of drug-likeness (QED) is 0.259. The van der Waals surface area contributed by atoms with Crippen molar-refractivity contribution < 1.29 is 38.3 Å². The number of ether oxygens (including phenoxy) is 2. The maximum Gasteiger partial charge on any atom is 0.382 e. The molecular weight excluding hydrogens is 444 g/mol. The van der Waals surface area contributed by atoms with Crippen LogP contribution in [0, 0.1) is 5.41 Å². The van der Waals surface area contributed by atoms with Gasteiger partial charge in [0.25, 0.3) is 11.8 Å². The monoisotopic (exact) mass is 470 g/mol. The van der Waals surface area contributed by atoms with Crippen LogP contribution in [-0.2, 0) is 24.0 Å². The molecule has 1 saturated heterocycles. The molecule has 0 unspecified atom stereocenters. The zero-order chi connectivity index (χ0) is 25.0. The van der Waals surface area contributed by atoms with Gasteiger partial charge in [-0.2, -0.15) is 0 Å². The van der Waals surface area contributed by atoms with E-state index in [0.29, 0.717) is 16.9 Å². The number of imide groups is 1. The molecule has 2 heterocycles. The molecule has 180 valence electrons. The predicted octanol–water partition coefficient (Wildman–Crippen LogP) is 3.36. The highest BCUT2D eigenvalue weighted by Gasteiger charge is 2.34. The maximum absolute atomic E-state index is 12.7. The summed E-state index contributed by atoms with van der Waals surface area (Å²) in [5.74, 6) is -3.77. The van der Waals surface area contributed by atoms with Gasteiger partial charge in [0, 0.05) is 18.2 Å². The highest BCUT2D eigenvalue weighted by atomic mass is 16.7. The van der Waals surface area contributed by atoms with Gasteiger partial charge in [-0.05, 0) is 39.3 Å². The van der Waals surface area contributed by atoms with Gasteiger partial charge in [-0.1, -0.05) is 25.5 Å². The average molecular weight is 470 g/mol. The topological polar surface area (TPSA) is 129 Å². The Morgan fingerprint density at radius 1 is 1.00 bits per heavy atom.